The molecule has 2 rings (SSSR count). The van der Waals surface area contributed by atoms with Crippen LogP contribution in [0.25, 0.3) is 0 Å². The highest BCUT2D eigenvalue weighted by Gasteiger charge is 2.23. The first-order chi connectivity index (χ1) is 9.97. The van der Waals surface area contributed by atoms with Crippen molar-refractivity contribution in [3.63, 3.8) is 0 Å². The first-order valence-corrected chi connectivity index (χ1v) is 8.11. The van der Waals surface area contributed by atoms with Gasteiger partial charge in [-0.3, -0.25) is 0 Å². The SMILES string of the molecule is CC(NC(=O)NC(C)C1CCCC1)c1nc(C(=O)O)cs1. The summed E-state index contributed by atoms with van der Waals surface area (Å²) in [6.45, 7) is 3.83. The number of carbonyl (C=O) groups is 2. The fourth-order valence-corrected chi connectivity index (χ4v) is 3.47. The van der Waals surface area contributed by atoms with Gasteiger partial charge in [-0.25, -0.2) is 14.6 Å². The molecule has 1 saturated carbocycles. The minimum atomic E-state index is -1.05. The number of carboxylic acids is 1. The molecule has 2 unspecified atom stereocenters. The highest BCUT2D eigenvalue weighted by molar-refractivity contribution is 7.09. The largest absolute Gasteiger partial charge is 0.476 e. The lowest BCUT2D eigenvalue weighted by Gasteiger charge is -2.21. The number of carbonyl (C=O) groups excluding carboxylic acids is 1. The molecule has 0 aromatic carbocycles. The molecule has 0 aliphatic heterocycles. The van der Waals surface area contributed by atoms with E-state index in [2.05, 4.69) is 15.6 Å². The molecule has 116 valence electrons. The summed E-state index contributed by atoms with van der Waals surface area (Å²) in [6.07, 6.45) is 4.83. The molecule has 2 atom stereocenters. The van der Waals surface area contributed by atoms with E-state index in [-0.39, 0.29) is 23.8 Å². The Kier molecular flexibility index (Phi) is 5.17. The second-order valence-electron chi connectivity index (χ2n) is 5.55. The zero-order chi connectivity index (χ0) is 15.4. The van der Waals surface area contributed by atoms with Gasteiger partial charge in [0.2, 0.25) is 0 Å². The second kappa shape index (κ2) is 6.89. The van der Waals surface area contributed by atoms with Gasteiger partial charge in [0.05, 0.1) is 6.04 Å². The Bertz CT molecular complexity index is 511. The smallest absolute Gasteiger partial charge is 0.355 e. The van der Waals surface area contributed by atoms with Crippen LogP contribution in [0.4, 0.5) is 4.79 Å². The molecule has 0 radical (unpaired) electrons. The fraction of sp³-hybridized carbons (Fsp3) is 0.643. The molecule has 0 bridgehead atoms. The average molecular weight is 311 g/mol. The lowest BCUT2D eigenvalue weighted by atomic mass is 10.0. The minimum absolute atomic E-state index is 0.0170. The zero-order valence-electron chi connectivity index (χ0n) is 12.3. The van der Waals surface area contributed by atoms with E-state index >= 15 is 0 Å². The van der Waals surface area contributed by atoms with Crippen molar-refractivity contribution in [3.8, 4) is 0 Å². The molecule has 3 N–H and O–H groups in total. The lowest BCUT2D eigenvalue weighted by Crippen LogP contribution is -2.44. The van der Waals surface area contributed by atoms with Crippen molar-refractivity contribution in [2.75, 3.05) is 0 Å². The van der Waals surface area contributed by atoms with Crippen molar-refractivity contribution in [2.24, 2.45) is 5.92 Å². The van der Waals surface area contributed by atoms with Crippen LogP contribution in [0, 0.1) is 5.92 Å². The van der Waals surface area contributed by atoms with E-state index in [4.69, 9.17) is 5.11 Å². The molecule has 7 heteroatoms. The molecule has 2 amide bonds. The van der Waals surface area contributed by atoms with E-state index in [1.807, 2.05) is 6.92 Å². The van der Waals surface area contributed by atoms with Gasteiger partial charge in [0.1, 0.15) is 5.01 Å². The van der Waals surface area contributed by atoms with Gasteiger partial charge >= 0.3 is 12.0 Å². The molecule has 21 heavy (non-hydrogen) atoms. The van der Waals surface area contributed by atoms with E-state index in [0.717, 1.165) is 0 Å². The van der Waals surface area contributed by atoms with E-state index in [1.165, 1.54) is 42.4 Å². The normalized spacial score (nSPS) is 18.2. The Hall–Kier alpha value is -1.63. The topological polar surface area (TPSA) is 91.3 Å². The van der Waals surface area contributed by atoms with Crippen LogP contribution >= 0.6 is 11.3 Å². The summed E-state index contributed by atoms with van der Waals surface area (Å²) in [7, 11) is 0. The fourth-order valence-electron chi connectivity index (χ4n) is 2.67. The monoisotopic (exact) mass is 311 g/mol. The van der Waals surface area contributed by atoms with Crippen LogP contribution in [0.15, 0.2) is 5.38 Å². The van der Waals surface area contributed by atoms with Crippen molar-refractivity contribution in [2.45, 2.75) is 51.6 Å². The van der Waals surface area contributed by atoms with Gasteiger partial charge in [0, 0.05) is 11.4 Å². The van der Waals surface area contributed by atoms with Crippen molar-refractivity contribution >= 4 is 23.3 Å². The molecular weight excluding hydrogens is 290 g/mol. The van der Waals surface area contributed by atoms with Gasteiger partial charge in [0.15, 0.2) is 5.69 Å². The van der Waals surface area contributed by atoms with Crippen LogP contribution < -0.4 is 10.6 Å². The van der Waals surface area contributed by atoms with Gasteiger partial charge in [-0.2, -0.15) is 0 Å². The number of thiazole rings is 1. The van der Waals surface area contributed by atoms with Crippen molar-refractivity contribution in [1.82, 2.24) is 15.6 Å². The summed E-state index contributed by atoms with van der Waals surface area (Å²) in [5, 5.41) is 16.7. The maximum atomic E-state index is 12.0. The summed E-state index contributed by atoms with van der Waals surface area (Å²) >= 11 is 1.24. The summed E-state index contributed by atoms with van der Waals surface area (Å²) in [6, 6.07) is -0.376. The number of nitrogens with zero attached hydrogens (tertiary/aromatic N) is 1. The number of aromatic nitrogens is 1. The van der Waals surface area contributed by atoms with Crippen LogP contribution in [0.1, 0.15) is 61.1 Å². The molecule has 1 fully saturated rings. The summed E-state index contributed by atoms with van der Waals surface area (Å²) < 4.78 is 0. The first-order valence-electron chi connectivity index (χ1n) is 7.23. The summed E-state index contributed by atoms with van der Waals surface area (Å²) in [5.74, 6) is -0.492. The Morgan fingerprint density at radius 2 is 2.00 bits per heavy atom. The number of hydrogen-bond donors (Lipinski definition) is 3. The van der Waals surface area contributed by atoms with E-state index < -0.39 is 5.97 Å². The van der Waals surface area contributed by atoms with Gasteiger partial charge in [-0.1, -0.05) is 12.8 Å². The number of urea groups is 1. The number of hydrogen-bond acceptors (Lipinski definition) is 4. The molecule has 1 aromatic rings. The second-order valence-corrected chi connectivity index (χ2v) is 6.44. The molecule has 1 heterocycles. The summed E-state index contributed by atoms with van der Waals surface area (Å²) in [5.41, 5.74) is 0.0170. The van der Waals surface area contributed by atoms with Crippen LogP contribution in [0.5, 0.6) is 0 Å². The molecule has 1 aromatic heterocycles. The Balaban J connectivity index is 1.84. The zero-order valence-corrected chi connectivity index (χ0v) is 13.1. The van der Waals surface area contributed by atoms with Crippen molar-refractivity contribution < 1.29 is 14.7 Å². The first kappa shape index (κ1) is 15.8. The number of aromatic carboxylic acids is 1. The average Bonchev–Trinajstić information content (AvgIpc) is 3.10. The van der Waals surface area contributed by atoms with E-state index in [9.17, 15) is 9.59 Å². The van der Waals surface area contributed by atoms with Gasteiger partial charge < -0.3 is 15.7 Å². The van der Waals surface area contributed by atoms with Crippen LogP contribution in [-0.4, -0.2) is 28.1 Å². The van der Waals surface area contributed by atoms with Crippen LogP contribution in [0.3, 0.4) is 0 Å². The molecule has 1 aliphatic rings. The minimum Gasteiger partial charge on any atom is -0.476 e. The molecular formula is C14H21N3O3S. The lowest BCUT2D eigenvalue weighted by molar-refractivity contribution is 0.0691. The number of rotatable bonds is 5. The van der Waals surface area contributed by atoms with E-state index in [0.29, 0.717) is 10.9 Å². The maximum Gasteiger partial charge on any atom is 0.355 e. The highest BCUT2D eigenvalue weighted by Crippen LogP contribution is 2.27. The Labute approximate surface area is 128 Å². The van der Waals surface area contributed by atoms with E-state index in [1.54, 1.807) is 6.92 Å². The molecule has 6 nitrogen and oxygen atoms in total. The van der Waals surface area contributed by atoms with Gasteiger partial charge in [0.25, 0.3) is 0 Å². The maximum absolute atomic E-state index is 12.0. The van der Waals surface area contributed by atoms with Gasteiger partial charge in [-0.15, -0.1) is 11.3 Å². The number of amides is 2. The summed E-state index contributed by atoms with van der Waals surface area (Å²) in [4.78, 5) is 26.8. The predicted octanol–water partition coefficient (Wildman–Crippen LogP) is 2.78. The Morgan fingerprint density at radius 3 is 2.57 bits per heavy atom. The van der Waals surface area contributed by atoms with Gasteiger partial charge in [-0.05, 0) is 32.6 Å². The van der Waals surface area contributed by atoms with Crippen LogP contribution in [-0.2, 0) is 0 Å². The van der Waals surface area contributed by atoms with Crippen LogP contribution in [0.2, 0.25) is 0 Å². The Morgan fingerprint density at radius 1 is 1.33 bits per heavy atom. The third-order valence-corrected chi connectivity index (χ3v) is 4.95. The predicted molar refractivity (Wildman–Crippen MR) is 80.6 cm³/mol. The third kappa shape index (κ3) is 4.17. The molecule has 0 spiro atoms. The van der Waals surface area contributed by atoms with Crippen molar-refractivity contribution in [1.29, 1.82) is 0 Å². The standard InChI is InChI=1S/C14H21N3O3S/c1-8(10-5-3-4-6-10)15-14(20)16-9(2)12-17-11(7-21-12)13(18)19/h7-10H,3-6H2,1-2H3,(H,18,19)(H2,15,16,20). The molecule has 0 saturated heterocycles. The third-order valence-electron chi connectivity index (χ3n) is 3.92. The quantitative estimate of drug-likeness (QED) is 0.779. The van der Waals surface area contributed by atoms with Crippen molar-refractivity contribution in [3.05, 3.63) is 16.1 Å². The number of carboxylic acid groups (broad SMARTS) is 1. The highest BCUT2D eigenvalue weighted by atomic mass is 32.1. The number of nitrogens with one attached hydrogen (secondary N) is 2. The molecule has 1 aliphatic carbocycles.